The normalized spacial score (nSPS) is 11.4. The first-order valence-corrected chi connectivity index (χ1v) is 7.99. The van der Waals surface area contributed by atoms with Crippen molar-refractivity contribution in [2.45, 2.75) is 18.7 Å². The van der Waals surface area contributed by atoms with Crippen molar-refractivity contribution in [1.29, 1.82) is 0 Å². The number of nitrogens with zero attached hydrogens (tertiary/aromatic N) is 1. The molecule has 2 aromatic rings. The van der Waals surface area contributed by atoms with Crippen LogP contribution in [0.2, 0.25) is 0 Å². The van der Waals surface area contributed by atoms with E-state index in [0.29, 0.717) is 15.9 Å². The molecule has 7 heteroatoms. The standard InChI is InChI=1S/C13H12BrFN2O2S/c1-8-3-5-12(9(2)16-8)17-20(18,19)13-6-4-10(14)7-11(13)15/h3-7,17H,1-2H3. The average Bonchev–Trinajstić information content (AvgIpc) is 2.32. The molecule has 106 valence electrons. The van der Waals surface area contributed by atoms with Crippen LogP contribution in [0.4, 0.5) is 10.1 Å². The highest BCUT2D eigenvalue weighted by atomic mass is 79.9. The van der Waals surface area contributed by atoms with Crippen LogP contribution in [-0.2, 0) is 10.0 Å². The van der Waals surface area contributed by atoms with E-state index in [4.69, 9.17) is 0 Å². The molecule has 0 aliphatic rings. The number of hydrogen-bond acceptors (Lipinski definition) is 3. The molecule has 20 heavy (non-hydrogen) atoms. The lowest BCUT2D eigenvalue weighted by Crippen LogP contribution is -2.15. The Balaban J connectivity index is 2.41. The Hall–Kier alpha value is -1.47. The van der Waals surface area contributed by atoms with Crippen LogP contribution >= 0.6 is 15.9 Å². The summed E-state index contributed by atoms with van der Waals surface area (Å²) in [5.74, 6) is -0.815. The van der Waals surface area contributed by atoms with Crippen LogP contribution in [0, 0.1) is 19.7 Å². The third-order valence-electron chi connectivity index (χ3n) is 2.65. The van der Waals surface area contributed by atoms with Crippen LogP contribution in [0.3, 0.4) is 0 Å². The number of anilines is 1. The third-order valence-corrected chi connectivity index (χ3v) is 4.54. The topological polar surface area (TPSA) is 59.1 Å². The van der Waals surface area contributed by atoms with Gasteiger partial charge in [0.2, 0.25) is 0 Å². The smallest absolute Gasteiger partial charge is 0.264 e. The Labute approximate surface area is 125 Å². The third kappa shape index (κ3) is 3.16. The van der Waals surface area contributed by atoms with Gasteiger partial charge in [-0.05, 0) is 44.2 Å². The Bertz CT molecular complexity index is 763. The van der Waals surface area contributed by atoms with Gasteiger partial charge in [0, 0.05) is 10.2 Å². The molecule has 0 amide bonds. The summed E-state index contributed by atoms with van der Waals surface area (Å²) in [6, 6.07) is 7.07. The van der Waals surface area contributed by atoms with E-state index in [1.54, 1.807) is 26.0 Å². The van der Waals surface area contributed by atoms with Gasteiger partial charge in [0.25, 0.3) is 10.0 Å². The highest BCUT2D eigenvalue weighted by molar-refractivity contribution is 9.10. The minimum atomic E-state index is -3.98. The van der Waals surface area contributed by atoms with Gasteiger partial charge in [0.15, 0.2) is 0 Å². The van der Waals surface area contributed by atoms with Gasteiger partial charge < -0.3 is 0 Å². The summed E-state index contributed by atoms with van der Waals surface area (Å²) in [5.41, 5.74) is 1.64. The number of nitrogens with one attached hydrogen (secondary N) is 1. The zero-order valence-corrected chi connectivity index (χ0v) is 13.2. The molecule has 4 nitrogen and oxygen atoms in total. The number of sulfonamides is 1. The minimum Gasteiger partial charge on any atom is -0.278 e. The summed E-state index contributed by atoms with van der Waals surface area (Å²) in [6.45, 7) is 3.49. The van der Waals surface area contributed by atoms with E-state index in [1.165, 1.54) is 12.1 Å². The van der Waals surface area contributed by atoms with Crippen molar-refractivity contribution in [2.24, 2.45) is 0 Å². The molecule has 0 saturated carbocycles. The number of rotatable bonds is 3. The molecule has 0 spiro atoms. The van der Waals surface area contributed by atoms with Crippen molar-refractivity contribution < 1.29 is 12.8 Å². The van der Waals surface area contributed by atoms with Gasteiger partial charge >= 0.3 is 0 Å². The highest BCUT2D eigenvalue weighted by Crippen LogP contribution is 2.23. The molecule has 1 N–H and O–H groups in total. The maximum atomic E-state index is 13.7. The fourth-order valence-electron chi connectivity index (χ4n) is 1.69. The number of benzene rings is 1. The lowest BCUT2D eigenvalue weighted by molar-refractivity contribution is 0.570. The van der Waals surface area contributed by atoms with E-state index in [0.717, 1.165) is 11.8 Å². The zero-order chi connectivity index (χ0) is 14.9. The molecule has 2 rings (SSSR count). The van der Waals surface area contributed by atoms with Crippen LogP contribution in [0.5, 0.6) is 0 Å². The van der Waals surface area contributed by atoms with Crippen LogP contribution in [0.25, 0.3) is 0 Å². The second kappa shape index (κ2) is 5.49. The first kappa shape index (κ1) is 14.9. The second-order valence-electron chi connectivity index (χ2n) is 4.27. The predicted molar refractivity (Wildman–Crippen MR) is 78.6 cm³/mol. The number of halogens is 2. The van der Waals surface area contributed by atoms with Crippen molar-refractivity contribution in [1.82, 2.24) is 4.98 Å². The van der Waals surface area contributed by atoms with Gasteiger partial charge in [0.05, 0.1) is 11.4 Å². The summed E-state index contributed by atoms with van der Waals surface area (Å²) in [5, 5.41) is 0. The number of aromatic nitrogens is 1. The van der Waals surface area contributed by atoms with Crippen molar-refractivity contribution in [2.75, 3.05) is 4.72 Å². The van der Waals surface area contributed by atoms with E-state index in [-0.39, 0.29) is 0 Å². The van der Waals surface area contributed by atoms with Crippen LogP contribution < -0.4 is 4.72 Å². The maximum absolute atomic E-state index is 13.7. The first-order chi connectivity index (χ1) is 9.29. The van der Waals surface area contributed by atoms with Gasteiger partial charge in [-0.2, -0.15) is 0 Å². The molecule has 0 unspecified atom stereocenters. The minimum absolute atomic E-state index is 0.331. The van der Waals surface area contributed by atoms with Gasteiger partial charge in [-0.1, -0.05) is 15.9 Å². The lowest BCUT2D eigenvalue weighted by Gasteiger charge is -2.11. The summed E-state index contributed by atoms with van der Waals surface area (Å²) in [4.78, 5) is 3.76. The van der Waals surface area contributed by atoms with Gasteiger partial charge in [-0.3, -0.25) is 9.71 Å². The Morgan fingerprint density at radius 3 is 2.50 bits per heavy atom. The summed E-state index contributed by atoms with van der Waals surface area (Å²) >= 11 is 3.08. The molecule has 0 fully saturated rings. The fourth-order valence-corrected chi connectivity index (χ4v) is 3.20. The molecule has 0 atom stereocenters. The molecule has 0 bridgehead atoms. The molecule has 0 aliphatic heterocycles. The Kier molecular flexibility index (Phi) is 4.10. The van der Waals surface area contributed by atoms with Crippen molar-refractivity contribution >= 4 is 31.6 Å². The Morgan fingerprint density at radius 1 is 1.20 bits per heavy atom. The van der Waals surface area contributed by atoms with E-state index in [2.05, 4.69) is 25.6 Å². The SMILES string of the molecule is Cc1ccc(NS(=O)(=O)c2ccc(Br)cc2F)c(C)n1. The molecule has 1 heterocycles. The second-order valence-corrected chi connectivity index (χ2v) is 6.83. The quantitative estimate of drug-likeness (QED) is 0.914. The van der Waals surface area contributed by atoms with E-state index in [1.807, 2.05) is 0 Å². The molecule has 1 aromatic heterocycles. The first-order valence-electron chi connectivity index (χ1n) is 5.72. The predicted octanol–water partition coefficient (Wildman–Crippen LogP) is 3.40. The lowest BCUT2D eigenvalue weighted by atomic mass is 10.3. The molecule has 1 aromatic carbocycles. The van der Waals surface area contributed by atoms with Crippen LogP contribution in [0.15, 0.2) is 39.7 Å². The van der Waals surface area contributed by atoms with Gasteiger partial charge in [0.1, 0.15) is 10.7 Å². The van der Waals surface area contributed by atoms with Crippen molar-refractivity contribution in [3.05, 3.63) is 52.0 Å². The molecule has 0 radical (unpaired) electrons. The van der Waals surface area contributed by atoms with Crippen LogP contribution in [-0.4, -0.2) is 13.4 Å². The Morgan fingerprint density at radius 2 is 1.90 bits per heavy atom. The molecular formula is C13H12BrFN2O2S. The fraction of sp³-hybridized carbons (Fsp3) is 0.154. The van der Waals surface area contributed by atoms with Gasteiger partial charge in [-0.15, -0.1) is 0 Å². The maximum Gasteiger partial charge on any atom is 0.264 e. The highest BCUT2D eigenvalue weighted by Gasteiger charge is 2.20. The van der Waals surface area contributed by atoms with Crippen molar-refractivity contribution in [3.63, 3.8) is 0 Å². The molecular weight excluding hydrogens is 347 g/mol. The zero-order valence-electron chi connectivity index (χ0n) is 10.8. The summed E-state index contributed by atoms with van der Waals surface area (Å²) in [6.07, 6.45) is 0. The van der Waals surface area contributed by atoms with Crippen molar-refractivity contribution in [3.8, 4) is 0 Å². The van der Waals surface area contributed by atoms with E-state index >= 15 is 0 Å². The van der Waals surface area contributed by atoms with Gasteiger partial charge in [-0.25, -0.2) is 12.8 Å². The summed E-state index contributed by atoms with van der Waals surface area (Å²) < 4.78 is 40.9. The number of pyridine rings is 1. The largest absolute Gasteiger partial charge is 0.278 e. The average molecular weight is 359 g/mol. The monoisotopic (exact) mass is 358 g/mol. The number of aryl methyl sites for hydroxylation is 2. The number of hydrogen-bond donors (Lipinski definition) is 1. The van der Waals surface area contributed by atoms with Crippen LogP contribution in [0.1, 0.15) is 11.4 Å². The molecule has 0 saturated heterocycles. The molecule has 0 aliphatic carbocycles. The van der Waals surface area contributed by atoms with E-state index < -0.39 is 20.7 Å². The summed E-state index contributed by atoms with van der Waals surface area (Å²) in [7, 11) is -3.98. The van der Waals surface area contributed by atoms with E-state index in [9.17, 15) is 12.8 Å².